The Balaban J connectivity index is 2.21. The third-order valence-corrected chi connectivity index (χ3v) is 5.36. The van der Waals surface area contributed by atoms with Gasteiger partial charge in [0, 0.05) is 11.1 Å². The molecule has 1 aliphatic rings. The molecule has 2 nitrogen and oxygen atoms in total. The van der Waals surface area contributed by atoms with E-state index < -0.39 is 0 Å². The minimum atomic E-state index is 0.401. The highest BCUT2D eigenvalue weighted by Gasteiger charge is 2.37. The van der Waals surface area contributed by atoms with Crippen LogP contribution >= 0.6 is 11.6 Å². The molecule has 1 aromatic carbocycles. The molecule has 1 fully saturated rings. The summed E-state index contributed by atoms with van der Waals surface area (Å²) in [6, 6.07) is 6.37. The number of hydrogen-bond donors (Lipinski definition) is 1. The lowest BCUT2D eigenvalue weighted by Gasteiger charge is -2.43. The van der Waals surface area contributed by atoms with Crippen LogP contribution in [0.5, 0.6) is 5.75 Å². The minimum Gasteiger partial charge on any atom is -0.496 e. The van der Waals surface area contributed by atoms with Gasteiger partial charge in [-0.05, 0) is 61.4 Å². The van der Waals surface area contributed by atoms with Crippen molar-refractivity contribution in [3.63, 3.8) is 0 Å². The fourth-order valence-corrected chi connectivity index (χ4v) is 4.05. The molecule has 0 bridgehead atoms. The van der Waals surface area contributed by atoms with Crippen LogP contribution in [-0.4, -0.2) is 20.2 Å². The fraction of sp³-hybridized carbons (Fsp3) is 0.667. The topological polar surface area (TPSA) is 21.3 Å². The number of ether oxygens (including phenoxy) is 1. The van der Waals surface area contributed by atoms with Gasteiger partial charge in [0.25, 0.3) is 0 Å². The molecule has 1 saturated carbocycles. The predicted molar refractivity (Wildman–Crippen MR) is 90.3 cm³/mol. The van der Waals surface area contributed by atoms with Crippen LogP contribution in [0.3, 0.4) is 0 Å². The van der Waals surface area contributed by atoms with Crippen molar-refractivity contribution in [2.24, 2.45) is 11.3 Å². The highest BCUT2D eigenvalue weighted by molar-refractivity contribution is 6.30. The minimum absolute atomic E-state index is 0.401. The molecule has 0 heterocycles. The highest BCUT2D eigenvalue weighted by atomic mass is 35.5. The summed E-state index contributed by atoms with van der Waals surface area (Å²) in [6.45, 7) is 4.83. The fourth-order valence-electron chi connectivity index (χ4n) is 3.86. The molecule has 118 valence electrons. The lowest BCUT2D eigenvalue weighted by Crippen LogP contribution is -2.44. The molecule has 0 radical (unpaired) electrons. The number of nitrogens with one attached hydrogen (secondary N) is 1. The van der Waals surface area contributed by atoms with E-state index in [9.17, 15) is 0 Å². The van der Waals surface area contributed by atoms with Crippen LogP contribution in [0.25, 0.3) is 0 Å². The van der Waals surface area contributed by atoms with E-state index in [-0.39, 0.29) is 0 Å². The largest absolute Gasteiger partial charge is 0.496 e. The summed E-state index contributed by atoms with van der Waals surface area (Å²) < 4.78 is 5.50. The molecule has 21 heavy (non-hydrogen) atoms. The van der Waals surface area contributed by atoms with E-state index in [2.05, 4.69) is 26.2 Å². The molecule has 2 atom stereocenters. The van der Waals surface area contributed by atoms with E-state index in [0.717, 1.165) is 17.2 Å². The summed E-state index contributed by atoms with van der Waals surface area (Å²) in [6.07, 6.45) is 6.30. The van der Waals surface area contributed by atoms with Crippen LogP contribution in [0, 0.1) is 11.3 Å². The molecule has 2 rings (SSSR count). The molecule has 0 amide bonds. The Bertz CT molecular complexity index is 472. The molecule has 0 spiro atoms. The van der Waals surface area contributed by atoms with Crippen LogP contribution in [-0.2, 0) is 6.42 Å². The van der Waals surface area contributed by atoms with Crippen LogP contribution in [0.2, 0.25) is 5.02 Å². The second kappa shape index (κ2) is 7.02. The SMILES string of the molecule is CNC(Cc1cc(Cl)ccc1OC)C1CCCCC1(C)C. The van der Waals surface area contributed by atoms with E-state index >= 15 is 0 Å². The molecule has 3 heteroatoms. The average molecular weight is 310 g/mol. The summed E-state index contributed by atoms with van der Waals surface area (Å²) >= 11 is 6.17. The Hall–Kier alpha value is -0.730. The molecule has 1 aliphatic carbocycles. The van der Waals surface area contributed by atoms with E-state index in [1.807, 2.05) is 18.2 Å². The predicted octanol–water partition coefficient (Wildman–Crippen LogP) is 4.70. The van der Waals surface area contributed by atoms with Crippen molar-refractivity contribution in [1.29, 1.82) is 0 Å². The van der Waals surface area contributed by atoms with Crippen molar-refractivity contribution in [2.45, 2.75) is 52.0 Å². The molecule has 0 aromatic heterocycles. The van der Waals surface area contributed by atoms with Crippen molar-refractivity contribution in [3.05, 3.63) is 28.8 Å². The summed E-state index contributed by atoms with van der Waals surface area (Å²) in [5, 5.41) is 4.33. The van der Waals surface area contributed by atoms with Gasteiger partial charge in [0.2, 0.25) is 0 Å². The summed E-state index contributed by atoms with van der Waals surface area (Å²) in [5.41, 5.74) is 1.60. The van der Waals surface area contributed by atoms with Gasteiger partial charge in [0.15, 0.2) is 0 Å². The van der Waals surface area contributed by atoms with Crippen molar-refractivity contribution in [2.75, 3.05) is 14.2 Å². The van der Waals surface area contributed by atoms with E-state index in [0.29, 0.717) is 17.4 Å². The summed E-state index contributed by atoms with van der Waals surface area (Å²) in [5.74, 6) is 1.63. The van der Waals surface area contributed by atoms with Crippen LogP contribution in [0.15, 0.2) is 18.2 Å². The normalized spacial score (nSPS) is 22.8. The highest BCUT2D eigenvalue weighted by Crippen LogP contribution is 2.43. The zero-order valence-corrected chi connectivity index (χ0v) is 14.5. The van der Waals surface area contributed by atoms with E-state index in [1.54, 1.807) is 7.11 Å². The zero-order chi connectivity index (χ0) is 15.5. The molecular weight excluding hydrogens is 282 g/mol. The van der Waals surface area contributed by atoms with Crippen molar-refractivity contribution in [3.8, 4) is 5.75 Å². The van der Waals surface area contributed by atoms with E-state index in [1.165, 1.54) is 31.2 Å². The van der Waals surface area contributed by atoms with Gasteiger partial charge in [-0.2, -0.15) is 0 Å². The number of hydrogen-bond acceptors (Lipinski definition) is 2. The first kappa shape index (κ1) is 16.6. The first-order valence-corrected chi connectivity index (χ1v) is 8.35. The molecule has 1 aromatic rings. The Labute approximate surface area is 134 Å². The monoisotopic (exact) mass is 309 g/mol. The maximum absolute atomic E-state index is 6.17. The second-order valence-corrected chi connectivity index (χ2v) is 7.33. The van der Waals surface area contributed by atoms with Gasteiger partial charge < -0.3 is 10.1 Å². The van der Waals surface area contributed by atoms with Gasteiger partial charge in [0.05, 0.1) is 7.11 Å². The third kappa shape index (κ3) is 3.92. The van der Waals surface area contributed by atoms with Gasteiger partial charge in [-0.1, -0.05) is 38.3 Å². The lowest BCUT2D eigenvalue weighted by molar-refractivity contribution is 0.101. The van der Waals surface area contributed by atoms with Gasteiger partial charge >= 0.3 is 0 Å². The second-order valence-electron chi connectivity index (χ2n) is 6.90. The number of rotatable bonds is 5. The molecule has 0 aliphatic heterocycles. The van der Waals surface area contributed by atoms with E-state index in [4.69, 9.17) is 16.3 Å². The molecule has 2 unspecified atom stereocenters. The zero-order valence-electron chi connectivity index (χ0n) is 13.7. The number of likely N-dealkylation sites (N-methyl/N-ethyl adjacent to an activating group) is 1. The first-order chi connectivity index (χ1) is 9.97. The molecule has 1 N–H and O–H groups in total. The standard InChI is InChI=1S/C18H28ClNO/c1-18(2)10-6-5-7-15(18)16(20-3)12-13-11-14(19)8-9-17(13)21-4/h8-9,11,15-16,20H,5-7,10,12H2,1-4H3. The van der Waals surface area contributed by atoms with Crippen LogP contribution in [0.1, 0.15) is 45.1 Å². The maximum Gasteiger partial charge on any atom is 0.122 e. The third-order valence-electron chi connectivity index (χ3n) is 5.13. The van der Waals surface area contributed by atoms with Crippen LogP contribution < -0.4 is 10.1 Å². The van der Waals surface area contributed by atoms with Crippen molar-refractivity contribution in [1.82, 2.24) is 5.32 Å². The van der Waals surface area contributed by atoms with Crippen LogP contribution in [0.4, 0.5) is 0 Å². The van der Waals surface area contributed by atoms with Gasteiger partial charge in [-0.25, -0.2) is 0 Å². The maximum atomic E-state index is 6.17. The van der Waals surface area contributed by atoms with Gasteiger partial charge in [0.1, 0.15) is 5.75 Å². The Morgan fingerprint density at radius 2 is 2.14 bits per heavy atom. The molecular formula is C18H28ClNO. The quantitative estimate of drug-likeness (QED) is 0.851. The Morgan fingerprint density at radius 1 is 1.38 bits per heavy atom. The smallest absolute Gasteiger partial charge is 0.122 e. The average Bonchev–Trinajstić information content (AvgIpc) is 2.45. The van der Waals surface area contributed by atoms with Gasteiger partial charge in [-0.3, -0.25) is 0 Å². The van der Waals surface area contributed by atoms with Crippen molar-refractivity contribution >= 4 is 11.6 Å². The van der Waals surface area contributed by atoms with Crippen molar-refractivity contribution < 1.29 is 4.74 Å². The summed E-state index contributed by atoms with van der Waals surface area (Å²) in [4.78, 5) is 0. The first-order valence-electron chi connectivity index (χ1n) is 7.97. The Morgan fingerprint density at radius 3 is 2.76 bits per heavy atom. The number of methoxy groups -OCH3 is 1. The number of halogens is 1. The lowest BCUT2D eigenvalue weighted by atomic mass is 9.65. The van der Waals surface area contributed by atoms with Gasteiger partial charge in [-0.15, -0.1) is 0 Å². The summed E-state index contributed by atoms with van der Waals surface area (Å²) in [7, 11) is 3.80. The number of benzene rings is 1. The molecule has 0 saturated heterocycles. The Kier molecular flexibility index (Phi) is 5.56.